The Bertz CT molecular complexity index is 513. The predicted octanol–water partition coefficient (Wildman–Crippen LogP) is 3.08. The summed E-state index contributed by atoms with van der Waals surface area (Å²) in [5.74, 6) is 1.09. The highest BCUT2D eigenvalue weighted by molar-refractivity contribution is 5.26. The Morgan fingerprint density at radius 3 is 2.47 bits per heavy atom. The maximum Gasteiger partial charge on any atom is 0.108 e. The molecule has 1 heterocycles. The summed E-state index contributed by atoms with van der Waals surface area (Å²) in [5, 5.41) is 0. The maximum absolute atomic E-state index is 6.35. The lowest BCUT2D eigenvalue weighted by molar-refractivity contribution is 0.447. The van der Waals surface area contributed by atoms with E-state index in [0.717, 1.165) is 18.7 Å². The van der Waals surface area contributed by atoms with E-state index in [1.165, 1.54) is 11.1 Å². The van der Waals surface area contributed by atoms with Crippen molar-refractivity contribution in [1.82, 2.24) is 9.55 Å². The van der Waals surface area contributed by atoms with Crippen molar-refractivity contribution in [3.05, 3.63) is 53.6 Å². The summed E-state index contributed by atoms with van der Waals surface area (Å²) < 4.78 is 2.22. The van der Waals surface area contributed by atoms with Gasteiger partial charge in [0.25, 0.3) is 0 Å². The SMILES string of the molecule is CCc1nccn1C(c1ccc(C)cc1)C(N)CC. The third-order valence-corrected chi connectivity index (χ3v) is 3.66. The number of aryl methyl sites for hydroxylation is 2. The lowest BCUT2D eigenvalue weighted by atomic mass is 9.96. The molecular weight excluding hydrogens is 234 g/mol. The van der Waals surface area contributed by atoms with Crippen LogP contribution in [-0.2, 0) is 6.42 Å². The van der Waals surface area contributed by atoms with Crippen LogP contribution in [0.25, 0.3) is 0 Å². The molecule has 0 aliphatic rings. The van der Waals surface area contributed by atoms with Gasteiger partial charge in [0, 0.05) is 24.9 Å². The van der Waals surface area contributed by atoms with Gasteiger partial charge in [0.05, 0.1) is 6.04 Å². The Morgan fingerprint density at radius 2 is 1.89 bits per heavy atom. The van der Waals surface area contributed by atoms with E-state index in [1.54, 1.807) is 0 Å². The number of aromatic nitrogens is 2. The summed E-state index contributed by atoms with van der Waals surface area (Å²) >= 11 is 0. The second-order valence-corrected chi connectivity index (χ2v) is 5.03. The number of nitrogens with zero attached hydrogens (tertiary/aromatic N) is 2. The standard InChI is InChI=1S/C16H23N3/c1-4-14(17)16(13-8-6-12(3)7-9-13)19-11-10-18-15(19)5-2/h6-11,14,16H,4-5,17H2,1-3H3. The van der Waals surface area contributed by atoms with E-state index in [1.807, 2.05) is 12.4 Å². The summed E-state index contributed by atoms with van der Waals surface area (Å²) in [4.78, 5) is 4.42. The Labute approximate surface area is 115 Å². The first-order valence-corrected chi connectivity index (χ1v) is 7.01. The molecule has 19 heavy (non-hydrogen) atoms. The highest BCUT2D eigenvalue weighted by Gasteiger charge is 2.22. The molecule has 2 unspecified atom stereocenters. The van der Waals surface area contributed by atoms with Crippen molar-refractivity contribution in [2.45, 2.75) is 45.7 Å². The molecule has 2 aromatic rings. The topological polar surface area (TPSA) is 43.8 Å². The van der Waals surface area contributed by atoms with Gasteiger partial charge in [-0.05, 0) is 18.9 Å². The van der Waals surface area contributed by atoms with Gasteiger partial charge in [0.1, 0.15) is 5.82 Å². The molecule has 0 saturated heterocycles. The molecule has 0 amide bonds. The van der Waals surface area contributed by atoms with E-state index in [2.05, 4.69) is 54.6 Å². The van der Waals surface area contributed by atoms with E-state index < -0.39 is 0 Å². The van der Waals surface area contributed by atoms with Gasteiger partial charge >= 0.3 is 0 Å². The lowest BCUT2D eigenvalue weighted by Gasteiger charge is -2.26. The van der Waals surface area contributed by atoms with Gasteiger partial charge in [-0.2, -0.15) is 0 Å². The molecule has 0 spiro atoms. The molecule has 102 valence electrons. The van der Waals surface area contributed by atoms with E-state index >= 15 is 0 Å². The normalized spacial score (nSPS) is 14.3. The van der Waals surface area contributed by atoms with Crippen molar-refractivity contribution in [3.8, 4) is 0 Å². The molecule has 1 aromatic carbocycles. The summed E-state index contributed by atoms with van der Waals surface area (Å²) in [5.41, 5.74) is 8.88. The van der Waals surface area contributed by atoms with Crippen LogP contribution in [0.15, 0.2) is 36.7 Å². The average Bonchev–Trinajstić information content (AvgIpc) is 2.89. The van der Waals surface area contributed by atoms with E-state index in [0.29, 0.717) is 0 Å². The minimum absolute atomic E-state index is 0.0993. The molecule has 2 rings (SSSR count). The number of benzene rings is 1. The van der Waals surface area contributed by atoms with Crippen LogP contribution >= 0.6 is 0 Å². The molecular formula is C16H23N3. The molecule has 3 heteroatoms. The van der Waals surface area contributed by atoms with E-state index in [9.17, 15) is 0 Å². The van der Waals surface area contributed by atoms with Crippen LogP contribution in [0.1, 0.15) is 43.3 Å². The van der Waals surface area contributed by atoms with Crippen LogP contribution in [0, 0.1) is 6.92 Å². The van der Waals surface area contributed by atoms with E-state index in [4.69, 9.17) is 5.73 Å². The zero-order valence-corrected chi connectivity index (χ0v) is 12.0. The number of hydrogen-bond acceptors (Lipinski definition) is 2. The third-order valence-electron chi connectivity index (χ3n) is 3.66. The van der Waals surface area contributed by atoms with Crippen molar-refractivity contribution < 1.29 is 0 Å². The number of nitrogens with two attached hydrogens (primary N) is 1. The van der Waals surface area contributed by atoms with Crippen LogP contribution < -0.4 is 5.73 Å². The highest BCUT2D eigenvalue weighted by atomic mass is 15.1. The van der Waals surface area contributed by atoms with Gasteiger partial charge in [-0.25, -0.2) is 4.98 Å². The van der Waals surface area contributed by atoms with Gasteiger partial charge in [-0.3, -0.25) is 0 Å². The first-order valence-electron chi connectivity index (χ1n) is 7.01. The molecule has 2 atom stereocenters. The van der Waals surface area contributed by atoms with Crippen LogP contribution in [0.2, 0.25) is 0 Å². The van der Waals surface area contributed by atoms with Gasteiger partial charge in [0.2, 0.25) is 0 Å². The minimum atomic E-state index is 0.0993. The van der Waals surface area contributed by atoms with Crippen LogP contribution in [0.3, 0.4) is 0 Å². The Hall–Kier alpha value is -1.61. The fourth-order valence-electron chi connectivity index (χ4n) is 2.47. The monoisotopic (exact) mass is 257 g/mol. The molecule has 1 aromatic heterocycles. The zero-order valence-electron chi connectivity index (χ0n) is 12.0. The van der Waals surface area contributed by atoms with Crippen LogP contribution in [0.5, 0.6) is 0 Å². The quantitative estimate of drug-likeness (QED) is 0.894. The van der Waals surface area contributed by atoms with Crippen molar-refractivity contribution >= 4 is 0 Å². The molecule has 0 radical (unpaired) electrons. The van der Waals surface area contributed by atoms with Gasteiger partial charge in [-0.1, -0.05) is 43.7 Å². The highest BCUT2D eigenvalue weighted by Crippen LogP contribution is 2.24. The first kappa shape index (κ1) is 13.8. The van der Waals surface area contributed by atoms with Crippen molar-refractivity contribution in [3.63, 3.8) is 0 Å². The first-order chi connectivity index (χ1) is 9.17. The van der Waals surface area contributed by atoms with Crippen LogP contribution in [0.4, 0.5) is 0 Å². The predicted molar refractivity (Wildman–Crippen MR) is 79.2 cm³/mol. The van der Waals surface area contributed by atoms with Gasteiger partial charge < -0.3 is 10.3 Å². The summed E-state index contributed by atoms with van der Waals surface area (Å²) in [6.45, 7) is 6.37. The largest absolute Gasteiger partial charge is 0.326 e. The zero-order chi connectivity index (χ0) is 13.8. The summed E-state index contributed by atoms with van der Waals surface area (Å²) in [6, 6.07) is 8.91. The smallest absolute Gasteiger partial charge is 0.108 e. The Kier molecular flexibility index (Phi) is 4.38. The second-order valence-electron chi connectivity index (χ2n) is 5.03. The molecule has 0 bridgehead atoms. The second kappa shape index (κ2) is 6.02. The van der Waals surface area contributed by atoms with E-state index in [-0.39, 0.29) is 12.1 Å². The summed E-state index contributed by atoms with van der Waals surface area (Å²) in [6.07, 6.45) is 5.77. The third kappa shape index (κ3) is 2.87. The summed E-state index contributed by atoms with van der Waals surface area (Å²) in [7, 11) is 0. The molecule has 0 fully saturated rings. The number of hydrogen-bond donors (Lipinski definition) is 1. The average molecular weight is 257 g/mol. The van der Waals surface area contributed by atoms with Gasteiger partial charge in [-0.15, -0.1) is 0 Å². The number of imidazole rings is 1. The maximum atomic E-state index is 6.35. The molecule has 2 N–H and O–H groups in total. The molecule has 3 nitrogen and oxygen atoms in total. The fourth-order valence-corrected chi connectivity index (χ4v) is 2.47. The number of rotatable bonds is 5. The van der Waals surface area contributed by atoms with Crippen molar-refractivity contribution in [1.29, 1.82) is 0 Å². The van der Waals surface area contributed by atoms with Gasteiger partial charge in [0.15, 0.2) is 0 Å². The molecule has 0 saturated carbocycles. The molecule has 0 aliphatic carbocycles. The van der Waals surface area contributed by atoms with Crippen molar-refractivity contribution in [2.24, 2.45) is 5.73 Å². The fraction of sp³-hybridized carbons (Fsp3) is 0.438. The van der Waals surface area contributed by atoms with Crippen LogP contribution in [-0.4, -0.2) is 15.6 Å². The van der Waals surface area contributed by atoms with Crippen molar-refractivity contribution in [2.75, 3.05) is 0 Å². The Morgan fingerprint density at radius 1 is 1.21 bits per heavy atom. The minimum Gasteiger partial charge on any atom is -0.326 e. The lowest BCUT2D eigenvalue weighted by Crippen LogP contribution is -2.33. The molecule has 0 aliphatic heterocycles. The Balaban J connectivity index is 2.44.